The molecule has 0 spiro atoms. The fourth-order valence-electron chi connectivity index (χ4n) is 4.33. The topological polar surface area (TPSA) is 75.9 Å². The summed E-state index contributed by atoms with van der Waals surface area (Å²) in [5, 5.41) is 6.65. The van der Waals surface area contributed by atoms with Crippen molar-refractivity contribution in [2.75, 3.05) is 38.2 Å². The summed E-state index contributed by atoms with van der Waals surface area (Å²) < 4.78 is 7.25. The normalized spacial score (nSPS) is 14.2. The lowest BCUT2D eigenvalue weighted by molar-refractivity contribution is -0.130. The number of hydrogen-bond donors (Lipinski definition) is 0. The van der Waals surface area contributed by atoms with Crippen LogP contribution in [0.3, 0.4) is 0 Å². The molecule has 33 heavy (non-hydrogen) atoms. The second kappa shape index (κ2) is 8.82. The lowest BCUT2D eigenvalue weighted by Gasteiger charge is -2.36. The molecular formula is C24H26N6O2S. The zero-order valence-electron chi connectivity index (χ0n) is 19.0. The van der Waals surface area contributed by atoms with E-state index < -0.39 is 0 Å². The zero-order valence-corrected chi connectivity index (χ0v) is 19.8. The van der Waals surface area contributed by atoms with Gasteiger partial charge in [0.05, 0.1) is 24.1 Å². The number of carbonyl (C=O) groups is 1. The van der Waals surface area contributed by atoms with Gasteiger partial charge in [0, 0.05) is 43.1 Å². The number of aromatic nitrogens is 4. The van der Waals surface area contributed by atoms with Gasteiger partial charge in [-0.3, -0.25) is 4.79 Å². The number of ether oxygens (including phenoxy) is 1. The number of piperazine rings is 1. The van der Waals surface area contributed by atoms with Gasteiger partial charge in [-0.15, -0.1) is 16.4 Å². The van der Waals surface area contributed by atoms with Gasteiger partial charge in [0.2, 0.25) is 5.91 Å². The average molecular weight is 463 g/mol. The van der Waals surface area contributed by atoms with Crippen molar-refractivity contribution in [2.45, 2.75) is 20.3 Å². The molecule has 1 aliphatic rings. The highest BCUT2D eigenvalue weighted by Gasteiger charge is 2.25. The minimum absolute atomic E-state index is 0.112. The van der Waals surface area contributed by atoms with Gasteiger partial charge in [0.1, 0.15) is 5.75 Å². The maximum atomic E-state index is 13.2. The molecule has 1 aromatic carbocycles. The third-order valence-electron chi connectivity index (χ3n) is 6.18. The molecule has 1 saturated heterocycles. The molecule has 1 amide bonds. The number of nitrogens with zero attached hydrogens (tertiary/aromatic N) is 6. The van der Waals surface area contributed by atoms with Gasteiger partial charge < -0.3 is 14.5 Å². The fraction of sp³-hybridized carbons (Fsp3) is 0.333. The molecule has 0 atom stereocenters. The molecule has 5 rings (SSSR count). The summed E-state index contributed by atoms with van der Waals surface area (Å²) in [4.78, 5) is 27.6. The number of amides is 1. The average Bonchev–Trinajstić information content (AvgIpc) is 3.52. The number of carbonyl (C=O) groups excluding carboxylic acids is 1. The molecule has 9 heteroatoms. The van der Waals surface area contributed by atoms with Crippen LogP contribution in [0.25, 0.3) is 16.5 Å². The quantitative estimate of drug-likeness (QED) is 0.453. The number of anilines is 1. The maximum absolute atomic E-state index is 13.2. The van der Waals surface area contributed by atoms with E-state index in [1.165, 1.54) is 0 Å². The van der Waals surface area contributed by atoms with Crippen LogP contribution in [0, 0.1) is 13.8 Å². The number of fused-ring (bicyclic) bond motifs is 1. The third-order valence-corrected chi connectivity index (χ3v) is 7.04. The number of benzene rings is 1. The Labute approximate surface area is 196 Å². The van der Waals surface area contributed by atoms with E-state index in [4.69, 9.17) is 4.74 Å². The minimum atomic E-state index is 0.112. The van der Waals surface area contributed by atoms with Gasteiger partial charge in [0.15, 0.2) is 5.82 Å². The first kappa shape index (κ1) is 21.4. The first-order valence-electron chi connectivity index (χ1n) is 11.0. The van der Waals surface area contributed by atoms with Crippen molar-refractivity contribution in [1.82, 2.24) is 24.5 Å². The Bertz CT molecular complexity index is 1290. The van der Waals surface area contributed by atoms with Crippen molar-refractivity contribution in [2.24, 2.45) is 0 Å². The van der Waals surface area contributed by atoms with Gasteiger partial charge in [-0.2, -0.15) is 4.98 Å². The Morgan fingerprint density at radius 1 is 1.06 bits per heavy atom. The summed E-state index contributed by atoms with van der Waals surface area (Å²) in [6.45, 7) is 6.82. The van der Waals surface area contributed by atoms with Crippen molar-refractivity contribution >= 4 is 28.7 Å². The van der Waals surface area contributed by atoms with Crippen LogP contribution in [0.15, 0.2) is 41.8 Å². The molecular weight excluding hydrogens is 436 g/mol. The summed E-state index contributed by atoms with van der Waals surface area (Å²) in [6, 6.07) is 12.0. The molecule has 3 aromatic heterocycles. The van der Waals surface area contributed by atoms with Gasteiger partial charge in [-0.1, -0.05) is 18.2 Å². The van der Waals surface area contributed by atoms with Gasteiger partial charge in [-0.05, 0) is 37.4 Å². The van der Waals surface area contributed by atoms with Crippen LogP contribution in [-0.2, 0) is 11.2 Å². The molecule has 0 N–H and O–H groups in total. The van der Waals surface area contributed by atoms with Gasteiger partial charge >= 0.3 is 0 Å². The monoisotopic (exact) mass is 462 g/mol. The smallest absolute Gasteiger partial charge is 0.253 e. The Morgan fingerprint density at radius 3 is 2.58 bits per heavy atom. The van der Waals surface area contributed by atoms with Crippen LogP contribution in [0.5, 0.6) is 5.75 Å². The van der Waals surface area contributed by atoms with Crippen LogP contribution >= 0.6 is 11.3 Å². The summed E-state index contributed by atoms with van der Waals surface area (Å²) >= 11 is 1.60. The zero-order chi connectivity index (χ0) is 22.9. The molecule has 4 heterocycles. The van der Waals surface area contributed by atoms with E-state index in [9.17, 15) is 4.79 Å². The molecule has 0 saturated carbocycles. The van der Waals surface area contributed by atoms with Gasteiger partial charge in [0.25, 0.3) is 5.78 Å². The first-order valence-corrected chi connectivity index (χ1v) is 11.9. The van der Waals surface area contributed by atoms with E-state index in [1.54, 1.807) is 23.0 Å². The van der Waals surface area contributed by atoms with Crippen molar-refractivity contribution in [3.05, 3.63) is 58.7 Å². The van der Waals surface area contributed by atoms with E-state index in [0.717, 1.165) is 46.4 Å². The molecule has 0 radical (unpaired) electrons. The number of rotatable bonds is 5. The number of para-hydroxylation sites is 2. The van der Waals surface area contributed by atoms with Crippen LogP contribution in [0.2, 0.25) is 0 Å². The Balaban J connectivity index is 1.31. The van der Waals surface area contributed by atoms with Crippen molar-refractivity contribution in [1.29, 1.82) is 0 Å². The molecule has 0 bridgehead atoms. The predicted octanol–water partition coefficient (Wildman–Crippen LogP) is 3.37. The van der Waals surface area contributed by atoms with Crippen molar-refractivity contribution < 1.29 is 9.53 Å². The molecule has 1 fully saturated rings. The Hall–Kier alpha value is -3.46. The molecule has 0 unspecified atom stereocenters. The molecule has 0 aliphatic carbocycles. The Kier molecular flexibility index (Phi) is 5.72. The van der Waals surface area contributed by atoms with Crippen LogP contribution in [-0.4, -0.2) is 63.7 Å². The Morgan fingerprint density at radius 2 is 1.85 bits per heavy atom. The third kappa shape index (κ3) is 4.04. The lowest BCUT2D eigenvalue weighted by atomic mass is 10.1. The largest absolute Gasteiger partial charge is 0.495 e. The van der Waals surface area contributed by atoms with E-state index in [-0.39, 0.29) is 5.91 Å². The first-order chi connectivity index (χ1) is 16.0. The number of thiophene rings is 1. The van der Waals surface area contributed by atoms with E-state index in [0.29, 0.717) is 31.1 Å². The van der Waals surface area contributed by atoms with Crippen molar-refractivity contribution in [3.8, 4) is 16.5 Å². The molecule has 4 aromatic rings. The summed E-state index contributed by atoms with van der Waals surface area (Å²) in [5.41, 5.74) is 3.73. The standard InChI is InChI=1S/C24H26N6O2S/c1-16-18(17(2)30-24(25-16)26-23(27-30)21-9-6-14-33-21)15-22(31)29-12-10-28(11-13-29)19-7-4-5-8-20(19)32-3/h4-9,14H,10-13,15H2,1-3H3. The van der Waals surface area contributed by atoms with Crippen LogP contribution in [0.4, 0.5) is 5.69 Å². The highest BCUT2D eigenvalue weighted by atomic mass is 32.1. The highest BCUT2D eigenvalue weighted by Crippen LogP contribution is 2.28. The number of aryl methyl sites for hydroxylation is 2. The van der Waals surface area contributed by atoms with E-state index in [1.807, 2.05) is 54.5 Å². The predicted molar refractivity (Wildman–Crippen MR) is 129 cm³/mol. The van der Waals surface area contributed by atoms with E-state index in [2.05, 4.69) is 26.0 Å². The van der Waals surface area contributed by atoms with Crippen LogP contribution < -0.4 is 9.64 Å². The minimum Gasteiger partial charge on any atom is -0.495 e. The van der Waals surface area contributed by atoms with Crippen molar-refractivity contribution in [3.63, 3.8) is 0 Å². The maximum Gasteiger partial charge on any atom is 0.253 e. The molecule has 8 nitrogen and oxygen atoms in total. The summed E-state index contributed by atoms with van der Waals surface area (Å²) in [7, 11) is 1.69. The SMILES string of the molecule is COc1ccccc1N1CCN(C(=O)Cc2c(C)nc3nc(-c4cccs4)nn3c2C)CC1. The summed E-state index contributed by atoms with van der Waals surface area (Å²) in [5.74, 6) is 2.20. The van der Waals surface area contributed by atoms with E-state index >= 15 is 0 Å². The second-order valence-corrected chi connectivity index (χ2v) is 9.05. The van der Waals surface area contributed by atoms with Gasteiger partial charge in [-0.25, -0.2) is 9.50 Å². The number of methoxy groups -OCH3 is 1. The summed E-state index contributed by atoms with van der Waals surface area (Å²) in [6.07, 6.45) is 0.309. The lowest BCUT2D eigenvalue weighted by Crippen LogP contribution is -2.49. The number of hydrogen-bond acceptors (Lipinski definition) is 7. The molecule has 1 aliphatic heterocycles. The second-order valence-electron chi connectivity index (χ2n) is 8.10. The molecule has 170 valence electrons. The highest BCUT2D eigenvalue weighted by molar-refractivity contribution is 7.13. The fourth-order valence-corrected chi connectivity index (χ4v) is 4.98. The van der Waals surface area contributed by atoms with Crippen LogP contribution in [0.1, 0.15) is 17.0 Å².